The lowest BCUT2D eigenvalue weighted by atomic mass is 10.0. The summed E-state index contributed by atoms with van der Waals surface area (Å²) in [4.78, 5) is 16.2. The lowest BCUT2D eigenvalue weighted by Gasteiger charge is -2.10. The van der Waals surface area contributed by atoms with E-state index in [1.807, 2.05) is 78.7 Å². The van der Waals surface area contributed by atoms with E-state index in [1.54, 1.807) is 0 Å². The molecule has 5 aromatic rings. The number of aryl methyl sites for hydroxylation is 2. The molecule has 0 radical (unpaired) electrons. The fourth-order valence-corrected chi connectivity index (χ4v) is 4.13. The summed E-state index contributed by atoms with van der Waals surface area (Å²) in [5.41, 5.74) is 8.00. The third-order valence-electron chi connectivity index (χ3n) is 6.02. The molecule has 3 N–H and O–H groups in total. The number of H-pyrrole nitrogens is 1. The van der Waals surface area contributed by atoms with Crippen LogP contribution in [0.3, 0.4) is 0 Å². The number of hydrogen-bond acceptors (Lipinski definition) is 2. The van der Waals surface area contributed by atoms with Crippen molar-refractivity contribution in [2.75, 3.05) is 10.6 Å². The van der Waals surface area contributed by atoms with Crippen LogP contribution in [-0.2, 0) is 13.5 Å². The monoisotopic (exact) mass is 460 g/mol. The second-order valence-electron chi connectivity index (χ2n) is 8.85. The minimum absolute atomic E-state index is 0.119. The number of carbonyl (C=O) groups is 1. The summed E-state index contributed by atoms with van der Waals surface area (Å²) in [6, 6.07) is 28.1. The molecular formula is C30H28N4O+2. The molecule has 5 heteroatoms. The summed E-state index contributed by atoms with van der Waals surface area (Å²) >= 11 is 0. The lowest BCUT2D eigenvalue weighted by molar-refractivity contribution is -0.671. The second-order valence-corrected chi connectivity index (χ2v) is 8.85. The van der Waals surface area contributed by atoms with Crippen LogP contribution in [-0.4, -0.2) is 5.91 Å². The van der Waals surface area contributed by atoms with E-state index in [-0.39, 0.29) is 5.91 Å². The van der Waals surface area contributed by atoms with Crippen LogP contribution in [0.1, 0.15) is 27.0 Å². The Labute approximate surface area is 205 Å². The first kappa shape index (κ1) is 22.3. The molecular weight excluding hydrogens is 432 g/mol. The molecule has 2 aromatic heterocycles. The Morgan fingerprint density at radius 1 is 0.857 bits per heavy atom. The van der Waals surface area contributed by atoms with Gasteiger partial charge in [0, 0.05) is 41.2 Å². The number of pyridine rings is 2. The van der Waals surface area contributed by atoms with Crippen LogP contribution in [0.4, 0.5) is 17.1 Å². The van der Waals surface area contributed by atoms with E-state index in [1.165, 1.54) is 11.1 Å². The van der Waals surface area contributed by atoms with Gasteiger partial charge in [-0.25, -0.2) is 9.55 Å². The third kappa shape index (κ3) is 5.36. The van der Waals surface area contributed by atoms with Gasteiger partial charge >= 0.3 is 0 Å². The molecule has 0 aliphatic carbocycles. The van der Waals surface area contributed by atoms with Crippen molar-refractivity contribution in [1.82, 2.24) is 0 Å². The Balaban J connectivity index is 1.26. The molecule has 0 atom stereocenters. The molecule has 0 saturated heterocycles. The topological polar surface area (TPSA) is 59.1 Å². The number of benzene rings is 3. The smallest absolute Gasteiger partial charge is 0.255 e. The number of aromatic nitrogens is 2. The van der Waals surface area contributed by atoms with Gasteiger partial charge < -0.3 is 10.6 Å². The maximum atomic E-state index is 12.9. The van der Waals surface area contributed by atoms with E-state index in [0.717, 1.165) is 39.9 Å². The van der Waals surface area contributed by atoms with Crippen molar-refractivity contribution in [3.05, 3.63) is 126 Å². The number of anilines is 3. The Hall–Kier alpha value is -4.51. The van der Waals surface area contributed by atoms with E-state index < -0.39 is 0 Å². The van der Waals surface area contributed by atoms with Crippen LogP contribution in [0.2, 0.25) is 0 Å². The molecule has 172 valence electrons. The van der Waals surface area contributed by atoms with Gasteiger partial charge in [-0.05, 0) is 72.5 Å². The first-order chi connectivity index (χ1) is 17.0. The van der Waals surface area contributed by atoms with E-state index in [2.05, 4.69) is 58.9 Å². The molecule has 0 spiro atoms. The Kier molecular flexibility index (Phi) is 6.22. The Bertz CT molecular complexity index is 1490. The summed E-state index contributed by atoms with van der Waals surface area (Å²) in [5.74, 6) is -0.119. The zero-order chi connectivity index (χ0) is 24.2. The minimum atomic E-state index is -0.119. The van der Waals surface area contributed by atoms with Crippen molar-refractivity contribution in [3.63, 3.8) is 0 Å². The normalized spacial score (nSPS) is 10.8. The van der Waals surface area contributed by atoms with E-state index in [4.69, 9.17) is 0 Å². The van der Waals surface area contributed by atoms with Crippen LogP contribution in [0, 0.1) is 6.92 Å². The number of aromatic amines is 1. The maximum absolute atomic E-state index is 12.9. The molecule has 2 heterocycles. The molecule has 0 fully saturated rings. The number of nitrogens with zero attached hydrogens (tertiary/aromatic N) is 1. The number of hydrogen-bond donors (Lipinski definition) is 2. The van der Waals surface area contributed by atoms with Gasteiger partial charge in [0.05, 0.1) is 11.1 Å². The predicted molar refractivity (Wildman–Crippen MR) is 140 cm³/mol. The van der Waals surface area contributed by atoms with Gasteiger partial charge in [-0.15, -0.1) is 0 Å². The molecule has 35 heavy (non-hydrogen) atoms. The fraction of sp³-hybridized carbons (Fsp3) is 0.100. The van der Waals surface area contributed by atoms with Crippen molar-refractivity contribution in [2.45, 2.75) is 13.3 Å². The highest BCUT2D eigenvalue weighted by molar-refractivity contribution is 6.04. The van der Waals surface area contributed by atoms with E-state index in [0.29, 0.717) is 5.56 Å². The summed E-state index contributed by atoms with van der Waals surface area (Å²) in [6.07, 6.45) is 6.78. The molecule has 0 aliphatic heterocycles. The number of rotatable bonds is 6. The Morgan fingerprint density at radius 3 is 2.43 bits per heavy atom. The van der Waals surface area contributed by atoms with Crippen LogP contribution < -0.4 is 20.2 Å². The molecule has 0 bridgehead atoms. The van der Waals surface area contributed by atoms with Gasteiger partial charge in [0.1, 0.15) is 7.05 Å². The summed E-state index contributed by atoms with van der Waals surface area (Å²) in [5, 5.41) is 7.61. The van der Waals surface area contributed by atoms with Gasteiger partial charge in [-0.3, -0.25) is 4.79 Å². The summed E-state index contributed by atoms with van der Waals surface area (Å²) in [7, 11) is 2.00. The molecule has 5 rings (SSSR count). The molecule has 5 nitrogen and oxygen atoms in total. The molecule has 1 amide bonds. The minimum Gasteiger partial charge on any atom is -0.355 e. The standard InChI is InChI=1S/C30H26N4O/c1-21-6-11-27-28(12-15-31-29(27)18-21)32-25-7-9-26(10-8-25)33-30(35)24-5-3-4-23(20-24)19-22-13-16-34(2)17-14-22/h3-18,20H,19H2,1-2H3,(H-,31,32,33,35)/p+2. The largest absolute Gasteiger partial charge is 0.355 e. The molecule has 0 unspecified atom stereocenters. The van der Waals surface area contributed by atoms with Gasteiger partial charge in [0.15, 0.2) is 18.6 Å². The maximum Gasteiger partial charge on any atom is 0.255 e. The van der Waals surface area contributed by atoms with E-state index in [9.17, 15) is 4.79 Å². The van der Waals surface area contributed by atoms with Crippen LogP contribution in [0.15, 0.2) is 104 Å². The summed E-state index contributed by atoms with van der Waals surface area (Å²) < 4.78 is 2.01. The van der Waals surface area contributed by atoms with Crippen molar-refractivity contribution in [3.8, 4) is 0 Å². The zero-order valence-electron chi connectivity index (χ0n) is 19.9. The summed E-state index contributed by atoms with van der Waals surface area (Å²) in [6.45, 7) is 2.08. The quantitative estimate of drug-likeness (QED) is 0.335. The van der Waals surface area contributed by atoms with E-state index >= 15 is 0 Å². The molecule has 3 aromatic carbocycles. The van der Waals surface area contributed by atoms with Crippen molar-refractivity contribution in [1.29, 1.82) is 0 Å². The first-order valence-corrected chi connectivity index (χ1v) is 11.7. The third-order valence-corrected chi connectivity index (χ3v) is 6.02. The predicted octanol–water partition coefficient (Wildman–Crippen LogP) is 5.37. The number of carbonyl (C=O) groups excluding carboxylic acids is 1. The highest BCUT2D eigenvalue weighted by Gasteiger charge is 2.10. The highest BCUT2D eigenvalue weighted by Crippen LogP contribution is 2.25. The van der Waals surface area contributed by atoms with Crippen molar-refractivity contribution >= 4 is 33.9 Å². The van der Waals surface area contributed by atoms with Crippen molar-refractivity contribution < 1.29 is 14.3 Å². The first-order valence-electron chi connectivity index (χ1n) is 11.7. The molecule has 0 aliphatic rings. The van der Waals surface area contributed by atoms with Gasteiger partial charge in [0.25, 0.3) is 5.91 Å². The SMILES string of the molecule is Cc1ccc2c(Nc3ccc(NC(=O)c4cccc(Cc5cc[n+](C)cc5)c4)cc3)cc[nH+]c2c1. The van der Waals surface area contributed by atoms with Gasteiger partial charge in [-0.1, -0.05) is 18.2 Å². The van der Waals surface area contributed by atoms with Crippen LogP contribution in [0.5, 0.6) is 0 Å². The molecule has 0 saturated carbocycles. The highest BCUT2D eigenvalue weighted by atomic mass is 16.1. The number of fused-ring (bicyclic) bond motifs is 1. The second kappa shape index (κ2) is 9.77. The van der Waals surface area contributed by atoms with Crippen molar-refractivity contribution in [2.24, 2.45) is 7.05 Å². The van der Waals surface area contributed by atoms with Crippen LogP contribution >= 0.6 is 0 Å². The average Bonchev–Trinajstić information content (AvgIpc) is 2.87. The van der Waals surface area contributed by atoms with Crippen LogP contribution in [0.25, 0.3) is 10.9 Å². The van der Waals surface area contributed by atoms with Gasteiger partial charge in [0.2, 0.25) is 5.52 Å². The lowest BCUT2D eigenvalue weighted by Crippen LogP contribution is -2.25. The average molecular weight is 461 g/mol. The zero-order valence-corrected chi connectivity index (χ0v) is 19.9. The van der Waals surface area contributed by atoms with Gasteiger partial charge in [-0.2, -0.15) is 0 Å². The fourth-order valence-electron chi connectivity index (χ4n) is 4.13. The Morgan fingerprint density at radius 2 is 1.63 bits per heavy atom. The number of amides is 1. The number of nitrogens with one attached hydrogen (secondary N) is 3.